The number of aromatic nitrogens is 2. The van der Waals surface area contributed by atoms with Gasteiger partial charge in [-0.15, -0.1) is 0 Å². The molecule has 3 rings (SSSR count). The van der Waals surface area contributed by atoms with Gasteiger partial charge in [0.2, 0.25) is 0 Å². The molecule has 0 saturated carbocycles. The molecule has 3 aromatic rings. The van der Waals surface area contributed by atoms with Crippen molar-refractivity contribution in [3.63, 3.8) is 0 Å². The number of aliphatic imine (C=N–C) groups is 1. The zero-order valence-electron chi connectivity index (χ0n) is 19.3. The standard InChI is InChI=1S/C25H32N4O3/c1-19(2)17-29-24-16-22(31-14-13-28(4)12-11-26-3)9-10-23(24)27-25(29)18-32-21-8-6-7-20(15-21)30-5/h6-12,15-16,19H,3,13-14,17-18H2,1-2,4-5H3/b12-11-. The molecule has 0 fully saturated rings. The van der Waals surface area contributed by atoms with Crippen LogP contribution in [-0.2, 0) is 13.2 Å². The molecule has 1 aromatic heterocycles. The summed E-state index contributed by atoms with van der Waals surface area (Å²) in [7, 11) is 3.62. The van der Waals surface area contributed by atoms with E-state index in [4.69, 9.17) is 19.2 Å². The van der Waals surface area contributed by atoms with Gasteiger partial charge in [-0.25, -0.2) is 4.98 Å². The normalized spacial score (nSPS) is 11.3. The quantitative estimate of drug-likeness (QED) is 0.383. The molecule has 0 aliphatic carbocycles. The highest BCUT2D eigenvalue weighted by Crippen LogP contribution is 2.25. The van der Waals surface area contributed by atoms with E-state index in [1.54, 1.807) is 13.3 Å². The van der Waals surface area contributed by atoms with Crippen LogP contribution in [0.5, 0.6) is 17.2 Å². The first-order valence-corrected chi connectivity index (χ1v) is 10.7. The number of hydrogen-bond acceptors (Lipinski definition) is 6. The molecule has 0 amide bonds. The highest BCUT2D eigenvalue weighted by molar-refractivity contribution is 5.77. The third-order valence-corrected chi connectivity index (χ3v) is 4.89. The van der Waals surface area contributed by atoms with E-state index in [2.05, 4.69) is 36.2 Å². The van der Waals surface area contributed by atoms with Crippen molar-refractivity contribution in [3.05, 3.63) is 60.7 Å². The fourth-order valence-electron chi connectivity index (χ4n) is 3.30. The minimum Gasteiger partial charge on any atom is -0.497 e. The molecular formula is C25H32N4O3. The van der Waals surface area contributed by atoms with Crippen molar-refractivity contribution >= 4 is 17.8 Å². The fourth-order valence-corrected chi connectivity index (χ4v) is 3.30. The van der Waals surface area contributed by atoms with Gasteiger partial charge in [-0.05, 0) is 36.9 Å². The molecule has 32 heavy (non-hydrogen) atoms. The Labute approximate surface area is 189 Å². The van der Waals surface area contributed by atoms with Crippen LogP contribution >= 0.6 is 0 Å². The third-order valence-electron chi connectivity index (χ3n) is 4.89. The van der Waals surface area contributed by atoms with Gasteiger partial charge in [-0.1, -0.05) is 19.9 Å². The molecule has 7 nitrogen and oxygen atoms in total. The van der Waals surface area contributed by atoms with Gasteiger partial charge >= 0.3 is 0 Å². The van der Waals surface area contributed by atoms with Gasteiger partial charge in [-0.2, -0.15) is 0 Å². The molecule has 170 valence electrons. The molecule has 0 unspecified atom stereocenters. The highest BCUT2D eigenvalue weighted by atomic mass is 16.5. The van der Waals surface area contributed by atoms with Crippen molar-refractivity contribution in [2.24, 2.45) is 10.9 Å². The van der Waals surface area contributed by atoms with Crippen molar-refractivity contribution in [3.8, 4) is 17.2 Å². The van der Waals surface area contributed by atoms with Crippen LogP contribution in [0.15, 0.2) is 59.9 Å². The topological polar surface area (TPSA) is 61.1 Å². The maximum absolute atomic E-state index is 6.02. The largest absolute Gasteiger partial charge is 0.497 e. The fraction of sp³-hybridized carbons (Fsp3) is 0.360. The number of ether oxygens (including phenoxy) is 3. The molecule has 0 bridgehead atoms. The van der Waals surface area contributed by atoms with Crippen LogP contribution in [0.1, 0.15) is 19.7 Å². The molecule has 0 atom stereocenters. The molecular weight excluding hydrogens is 404 g/mol. The lowest BCUT2D eigenvalue weighted by Crippen LogP contribution is -2.18. The molecule has 7 heteroatoms. The monoisotopic (exact) mass is 436 g/mol. The smallest absolute Gasteiger partial charge is 0.148 e. The minimum absolute atomic E-state index is 0.374. The molecule has 0 N–H and O–H groups in total. The summed E-state index contributed by atoms with van der Waals surface area (Å²) in [4.78, 5) is 10.5. The predicted molar refractivity (Wildman–Crippen MR) is 129 cm³/mol. The van der Waals surface area contributed by atoms with E-state index in [0.29, 0.717) is 19.1 Å². The second-order valence-corrected chi connectivity index (χ2v) is 7.96. The lowest BCUT2D eigenvalue weighted by molar-refractivity contribution is 0.274. The number of imidazole rings is 1. The summed E-state index contributed by atoms with van der Waals surface area (Å²) in [6.07, 6.45) is 3.53. The summed E-state index contributed by atoms with van der Waals surface area (Å²) in [5.41, 5.74) is 1.98. The Kier molecular flexibility index (Phi) is 8.14. The Bertz CT molecular complexity index is 1060. The summed E-state index contributed by atoms with van der Waals surface area (Å²) < 4.78 is 19.5. The van der Waals surface area contributed by atoms with E-state index >= 15 is 0 Å². The van der Waals surface area contributed by atoms with Crippen LogP contribution in [-0.4, -0.2) is 48.5 Å². The Hall–Kier alpha value is -3.48. The lowest BCUT2D eigenvalue weighted by atomic mass is 10.2. The van der Waals surface area contributed by atoms with Crippen molar-refractivity contribution in [2.45, 2.75) is 27.0 Å². The molecule has 0 aliphatic heterocycles. The number of fused-ring (bicyclic) bond motifs is 1. The molecule has 1 heterocycles. The van der Waals surface area contributed by atoms with Crippen LogP contribution in [0.3, 0.4) is 0 Å². The first kappa shape index (κ1) is 23.2. The Balaban J connectivity index is 1.76. The highest BCUT2D eigenvalue weighted by Gasteiger charge is 2.14. The first-order valence-electron chi connectivity index (χ1n) is 10.7. The number of benzene rings is 2. The van der Waals surface area contributed by atoms with Crippen molar-refractivity contribution in [1.82, 2.24) is 14.5 Å². The number of rotatable bonds is 12. The molecule has 0 spiro atoms. The Morgan fingerprint density at radius 3 is 2.66 bits per heavy atom. The molecule has 2 aromatic carbocycles. The van der Waals surface area contributed by atoms with Crippen LogP contribution in [0, 0.1) is 5.92 Å². The Morgan fingerprint density at radius 2 is 1.91 bits per heavy atom. The number of nitrogens with zero attached hydrogens (tertiary/aromatic N) is 4. The third kappa shape index (κ3) is 6.26. The van der Waals surface area contributed by atoms with E-state index < -0.39 is 0 Å². The average Bonchev–Trinajstić information content (AvgIpc) is 3.12. The van der Waals surface area contributed by atoms with Gasteiger partial charge in [0.15, 0.2) is 0 Å². The van der Waals surface area contributed by atoms with E-state index in [-0.39, 0.29) is 0 Å². The summed E-state index contributed by atoms with van der Waals surface area (Å²) in [6, 6.07) is 13.6. The number of methoxy groups -OCH3 is 1. The van der Waals surface area contributed by atoms with E-state index in [1.807, 2.05) is 54.5 Å². The molecule has 0 radical (unpaired) electrons. The number of hydrogen-bond donors (Lipinski definition) is 0. The minimum atomic E-state index is 0.374. The molecule has 0 saturated heterocycles. The van der Waals surface area contributed by atoms with Crippen LogP contribution < -0.4 is 14.2 Å². The maximum atomic E-state index is 6.02. The van der Waals surface area contributed by atoms with Crippen molar-refractivity contribution in [1.29, 1.82) is 0 Å². The zero-order chi connectivity index (χ0) is 22.9. The van der Waals surface area contributed by atoms with Crippen molar-refractivity contribution in [2.75, 3.05) is 27.3 Å². The van der Waals surface area contributed by atoms with E-state index in [0.717, 1.165) is 47.2 Å². The van der Waals surface area contributed by atoms with Gasteiger partial charge in [0.1, 0.15) is 36.3 Å². The maximum Gasteiger partial charge on any atom is 0.148 e. The van der Waals surface area contributed by atoms with Crippen LogP contribution in [0.2, 0.25) is 0 Å². The van der Waals surface area contributed by atoms with Gasteiger partial charge in [0, 0.05) is 38.1 Å². The number of likely N-dealkylation sites (N-methyl/N-ethyl adjacent to an activating group) is 1. The second kappa shape index (κ2) is 11.2. The van der Waals surface area contributed by atoms with Gasteiger partial charge < -0.3 is 23.7 Å². The van der Waals surface area contributed by atoms with Gasteiger partial charge in [0.05, 0.1) is 24.7 Å². The summed E-state index contributed by atoms with van der Waals surface area (Å²) >= 11 is 0. The predicted octanol–water partition coefficient (Wildman–Crippen LogP) is 4.76. The van der Waals surface area contributed by atoms with Crippen LogP contribution in [0.25, 0.3) is 11.0 Å². The van der Waals surface area contributed by atoms with Gasteiger partial charge in [0.25, 0.3) is 0 Å². The zero-order valence-corrected chi connectivity index (χ0v) is 19.3. The molecule has 0 aliphatic rings. The first-order chi connectivity index (χ1) is 15.5. The lowest BCUT2D eigenvalue weighted by Gasteiger charge is -2.15. The Morgan fingerprint density at radius 1 is 1.12 bits per heavy atom. The van der Waals surface area contributed by atoms with Crippen molar-refractivity contribution < 1.29 is 14.2 Å². The van der Waals surface area contributed by atoms with Gasteiger partial charge in [-0.3, -0.25) is 4.99 Å². The average molecular weight is 437 g/mol. The van der Waals surface area contributed by atoms with E-state index in [9.17, 15) is 0 Å². The second-order valence-electron chi connectivity index (χ2n) is 7.96. The summed E-state index contributed by atoms with van der Waals surface area (Å²) in [5, 5.41) is 0. The SMILES string of the molecule is C=N/C=C\N(C)CCOc1ccc2nc(COc3cccc(OC)c3)n(CC(C)C)c2c1. The van der Waals surface area contributed by atoms with Crippen LogP contribution in [0.4, 0.5) is 0 Å². The summed E-state index contributed by atoms with van der Waals surface area (Å²) in [6.45, 7) is 10.4. The van der Waals surface area contributed by atoms with E-state index in [1.165, 1.54) is 0 Å². The summed E-state index contributed by atoms with van der Waals surface area (Å²) in [5.74, 6) is 3.69.